The van der Waals surface area contributed by atoms with E-state index in [9.17, 15) is 19.5 Å². The molecule has 1 aliphatic heterocycles. The van der Waals surface area contributed by atoms with Crippen LogP contribution in [0, 0.1) is 5.92 Å². The molecule has 0 radical (unpaired) electrons. The number of carbonyl (C=O) groups is 3. The molecule has 1 aromatic rings. The van der Waals surface area contributed by atoms with Crippen LogP contribution in [0.3, 0.4) is 0 Å². The van der Waals surface area contributed by atoms with E-state index >= 15 is 0 Å². The van der Waals surface area contributed by atoms with Gasteiger partial charge in [-0.3, -0.25) is 4.79 Å². The van der Waals surface area contributed by atoms with Crippen molar-refractivity contribution >= 4 is 18.0 Å². The summed E-state index contributed by atoms with van der Waals surface area (Å²) in [7, 11) is 0. The summed E-state index contributed by atoms with van der Waals surface area (Å²) in [5.41, 5.74) is 0.722. The van der Waals surface area contributed by atoms with E-state index in [-0.39, 0.29) is 19.1 Å². The van der Waals surface area contributed by atoms with Crippen molar-refractivity contribution in [2.75, 3.05) is 19.6 Å². The highest BCUT2D eigenvalue weighted by Crippen LogP contribution is 2.20. The van der Waals surface area contributed by atoms with Crippen molar-refractivity contribution in [1.82, 2.24) is 9.80 Å². The van der Waals surface area contributed by atoms with Crippen LogP contribution in [0.15, 0.2) is 24.3 Å². The Morgan fingerprint density at radius 3 is 2.19 bits per heavy atom. The number of carboxylic acids is 1. The Labute approximate surface area is 191 Å². The van der Waals surface area contributed by atoms with E-state index in [0.29, 0.717) is 18.7 Å². The zero-order valence-electron chi connectivity index (χ0n) is 19.9. The van der Waals surface area contributed by atoms with Crippen LogP contribution in [0.5, 0.6) is 0 Å². The minimum absolute atomic E-state index is 0.118. The molecule has 0 aliphatic carbocycles. The Balaban J connectivity index is 1.98. The third kappa shape index (κ3) is 8.17. The van der Waals surface area contributed by atoms with Crippen LogP contribution in [0.25, 0.3) is 0 Å². The van der Waals surface area contributed by atoms with Crippen molar-refractivity contribution in [3.63, 3.8) is 0 Å². The van der Waals surface area contributed by atoms with Crippen molar-refractivity contribution in [1.29, 1.82) is 0 Å². The first-order valence-corrected chi connectivity index (χ1v) is 11.7. The molecule has 178 valence electrons. The van der Waals surface area contributed by atoms with Crippen LogP contribution in [0.1, 0.15) is 82.1 Å². The average molecular weight is 447 g/mol. The molecular weight excluding hydrogens is 408 g/mol. The maximum absolute atomic E-state index is 13.0. The Hall–Kier alpha value is -2.57. The van der Waals surface area contributed by atoms with Gasteiger partial charge in [-0.1, -0.05) is 51.2 Å². The second-order valence-electron chi connectivity index (χ2n) is 9.61. The smallest absolute Gasteiger partial charge is 0.338 e. The number of carboxylic acid groups (broad SMARTS) is 1. The van der Waals surface area contributed by atoms with Gasteiger partial charge in [0.2, 0.25) is 0 Å². The van der Waals surface area contributed by atoms with Crippen molar-refractivity contribution in [2.45, 2.75) is 78.4 Å². The number of rotatable bonds is 11. The molecule has 0 spiro atoms. The number of urea groups is 1. The van der Waals surface area contributed by atoms with Crippen LogP contribution < -0.4 is 0 Å². The number of unbranched alkanes of at least 4 members (excludes halogenated alkanes) is 5. The summed E-state index contributed by atoms with van der Waals surface area (Å²) in [5.74, 6) is -1.88. The van der Waals surface area contributed by atoms with Gasteiger partial charge in [-0.2, -0.15) is 0 Å². The van der Waals surface area contributed by atoms with Gasteiger partial charge in [0.15, 0.2) is 0 Å². The predicted octanol–water partition coefficient (Wildman–Crippen LogP) is 4.94. The number of carbonyl (C=O) groups excluding carboxylic acids is 2. The zero-order valence-corrected chi connectivity index (χ0v) is 19.9. The summed E-state index contributed by atoms with van der Waals surface area (Å²) in [5, 5.41) is 9.57. The minimum Gasteiger partial charge on any atom is -0.481 e. The average Bonchev–Trinajstić information content (AvgIpc) is 2.72. The summed E-state index contributed by atoms with van der Waals surface area (Å²) < 4.78 is 5.38. The van der Waals surface area contributed by atoms with E-state index in [1.54, 1.807) is 34.1 Å². The van der Waals surface area contributed by atoms with Gasteiger partial charge in [0.05, 0.1) is 11.5 Å². The number of hydrogen-bond donors (Lipinski definition) is 1. The molecule has 2 rings (SSSR count). The lowest BCUT2D eigenvalue weighted by atomic mass is 10.0. The van der Waals surface area contributed by atoms with Crippen molar-refractivity contribution < 1.29 is 24.2 Å². The fourth-order valence-corrected chi connectivity index (χ4v) is 3.81. The molecule has 32 heavy (non-hydrogen) atoms. The van der Waals surface area contributed by atoms with Crippen molar-refractivity contribution in [3.05, 3.63) is 35.4 Å². The molecular formula is C25H38N2O5. The Kier molecular flexibility index (Phi) is 9.54. The van der Waals surface area contributed by atoms with Crippen LogP contribution in [-0.2, 0) is 16.1 Å². The molecule has 7 nitrogen and oxygen atoms in total. The normalized spacial score (nSPS) is 16.9. The van der Waals surface area contributed by atoms with Crippen LogP contribution in [0.2, 0.25) is 0 Å². The number of esters is 1. The van der Waals surface area contributed by atoms with Gasteiger partial charge in [-0.15, -0.1) is 0 Å². The van der Waals surface area contributed by atoms with Crippen LogP contribution >= 0.6 is 0 Å². The minimum atomic E-state index is -0.879. The highest BCUT2D eigenvalue weighted by Gasteiger charge is 2.35. The number of ether oxygens (including phenoxy) is 1. The molecule has 1 unspecified atom stereocenters. The largest absolute Gasteiger partial charge is 0.481 e. The van der Waals surface area contributed by atoms with Crippen LogP contribution in [-0.4, -0.2) is 58.1 Å². The quantitative estimate of drug-likeness (QED) is 0.384. The van der Waals surface area contributed by atoms with Crippen LogP contribution in [0.4, 0.5) is 4.79 Å². The summed E-state index contributed by atoms with van der Waals surface area (Å²) in [6, 6.07) is 6.82. The van der Waals surface area contributed by atoms with Crippen molar-refractivity contribution in [3.8, 4) is 0 Å². The molecule has 1 aliphatic rings. The maximum atomic E-state index is 13.0. The second-order valence-corrected chi connectivity index (χ2v) is 9.61. The Bertz CT molecular complexity index is 770. The topological polar surface area (TPSA) is 87.2 Å². The monoisotopic (exact) mass is 446 g/mol. The van der Waals surface area contributed by atoms with Gasteiger partial charge in [-0.05, 0) is 44.9 Å². The lowest BCUT2D eigenvalue weighted by Crippen LogP contribution is -2.55. The van der Waals surface area contributed by atoms with Gasteiger partial charge in [-0.25, -0.2) is 9.59 Å². The highest BCUT2D eigenvalue weighted by atomic mass is 16.6. The molecule has 1 saturated heterocycles. The molecule has 0 bridgehead atoms. The summed E-state index contributed by atoms with van der Waals surface area (Å²) in [6.07, 6.45) is 6.70. The predicted molar refractivity (Wildman–Crippen MR) is 123 cm³/mol. The van der Waals surface area contributed by atoms with E-state index in [0.717, 1.165) is 24.8 Å². The first-order valence-electron chi connectivity index (χ1n) is 11.7. The third-order valence-electron chi connectivity index (χ3n) is 5.52. The molecule has 1 atom stereocenters. The van der Waals surface area contributed by atoms with Gasteiger partial charge >= 0.3 is 18.0 Å². The van der Waals surface area contributed by atoms with E-state index in [1.165, 1.54) is 19.3 Å². The van der Waals surface area contributed by atoms with E-state index in [4.69, 9.17) is 4.74 Å². The standard InChI is InChI=1S/C25H38N2O5/c1-5-6-7-8-9-10-15-26-17-21(22(28)29)18-27(24(26)31)16-19-11-13-20(14-12-19)23(30)32-25(2,3)4/h11-14,21H,5-10,15-18H2,1-4H3,(H,28,29). The first kappa shape index (κ1) is 25.7. The molecule has 0 saturated carbocycles. The Morgan fingerprint density at radius 2 is 1.59 bits per heavy atom. The van der Waals surface area contributed by atoms with Gasteiger partial charge in [0.1, 0.15) is 5.60 Å². The zero-order chi connectivity index (χ0) is 23.7. The van der Waals surface area contributed by atoms with E-state index in [2.05, 4.69) is 6.92 Å². The molecule has 1 fully saturated rings. The van der Waals surface area contributed by atoms with Crippen molar-refractivity contribution in [2.24, 2.45) is 5.92 Å². The number of amides is 2. The summed E-state index contributed by atoms with van der Waals surface area (Å²) >= 11 is 0. The lowest BCUT2D eigenvalue weighted by Gasteiger charge is -2.38. The highest BCUT2D eigenvalue weighted by molar-refractivity contribution is 5.89. The van der Waals surface area contributed by atoms with E-state index < -0.39 is 23.5 Å². The fourth-order valence-electron chi connectivity index (χ4n) is 3.81. The van der Waals surface area contributed by atoms with E-state index in [1.807, 2.05) is 20.8 Å². The fraction of sp³-hybridized carbons (Fsp3) is 0.640. The SMILES string of the molecule is CCCCCCCCN1CC(C(=O)O)CN(Cc2ccc(C(=O)OC(C)(C)C)cc2)C1=O. The number of benzene rings is 1. The Morgan fingerprint density at radius 1 is 1.00 bits per heavy atom. The van der Waals surface area contributed by atoms with Gasteiger partial charge < -0.3 is 19.6 Å². The van der Waals surface area contributed by atoms with Gasteiger partial charge in [0, 0.05) is 26.2 Å². The second kappa shape index (κ2) is 11.9. The molecule has 0 aromatic heterocycles. The summed E-state index contributed by atoms with van der Waals surface area (Å²) in [4.78, 5) is 40.1. The molecule has 1 N–H and O–H groups in total. The van der Waals surface area contributed by atoms with Gasteiger partial charge in [0.25, 0.3) is 0 Å². The first-order chi connectivity index (χ1) is 15.1. The maximum Gasteiger partial charge on any atom is 0.338 e. The number of nitrogens with zero attached hydrogens (tertiary/aromatic N) is 2. The number of aliphatic carboxylic acids is 1. The number of hydrogen-bond acceptors (Lipinski definition) is 4. The molecule has 2 amide bonds. The molecule has 1 heterocycles. The molecule has 7 heteroatoms. The molecule has 1 aromatic carbocycles. The third-order valence-corrected chi connectivity index (χ3v) is 5.52. The lowest BCUT2D eigenvalue weighted by molar-refractivity contribution is -0.143. The summed E-state index contributed by atoms with van der Waals surface area (Å²) in [6.45, 7) is 8.97.